The van der Waals surface area contributed by atoms with Gasteiger partial charge in [0.15, 0.2) is 0 Å². The lowest BCUT2D eigenvalue weighted by molar-refractivity contribution is 1.17. The smallest absolute Gasteiger partial charge is 0.0972 e. The van der Waals surface area contributed by atoms with Crippen LogP contribution in [0.15, 0.2) is 158 Å². The van der Waals surface area contributed by atoms with Gasteiger partial charge in [-0.2, -0.15) is 0 Å². The van der Waals surface area contributed by atoms with Crippen LogP contribution in [0.5, 0.6) is 0 Å². The van der Waals surface area contributed by atoms with Crippen molar-refractivity contribution in [2.45, 2.75) is 0 Å². The maximum Gasteiger partial charge on any atom is 0.0972 e. The zero-order chi connectivity index (χ0) is 32.8. The van der Waals surface area contributed by atoms with Crippen molar-refractivity contribution in [3.05, 3.63) is 158 Å². The molecule has 0 saturated carbocycles. The fourth-order valence-electron chi connectivity index (χ4n) is 8.02. The quantitative estimate of drug-likeness (QED) is 0.176. The van der Waals surface area contributed by atoms with Crippen LogP contribution >= 0.6 is 0 Å². The van der Waals surface area contributed by atoms with Crippen molar-refractivity contribution in [2.75, 3.05) is 9.80 Å². The van der Waals surface area contributed by atoms with Gasteiger partial charge in [-0.15, -0.1) is 0 Å². The second-order valence-electron chi connectivity index (χ2n) is 12.7. The van der Waals surface area contributed by atoms with E-state index in [9.17, 15) is 0 Å². The molecular formula is C44H26N6. The highest BCUT2D eigenvalue weighted by atomic mass is 15.3. The molecular weight excluding hydrogens is 613 g/mol. The molecule has 3 heterocycles. The van der Waals surface area contributed by atoms with Crippen molar-refractivity contribution >= 4 is 99.3 Å². The molecule has 0 amide bonds. The van der Waals surface area contributed by atoms with Crippen LogP contribution in [0, 0.1) is 0 Å². The SMILES string of the molecule is c1ccc2c(c1)N(c1ccc3c4ccccc4c4nccnc4c3c1)c1ccccc1N2c1ccc2c3ccccc3c3nccnc3c2c1. The second-order valence-corrected chi connectivity index (χ2v) is 12.7. The van der Waals surface area contributed by atoms with Crippen molar-refractivity contribution in [2.24, 2.45) is 0 Å². The molecule has 0 saturated heterocycles. The number of aromatic nitrogens is 4. The molecule has 0 atom stereocenters. The minimum atomic E-state index is 0.905. The predicted octanol–water partition coefficient (Wildman–Crippen LogP) is 11.4. The average molecular weight is 639 g/mol. The summed E-state index contributed by atoms with van der Waals surface area (Å²) in [4.78, 5) is 24.0. The summed E-state index contributed by atoms with van der Waals surface area (Å²) in [5, 5.41) is 9.06. The van der Waals surface area contributed by atoms with Crippen LogP contribution in [0.1, 0.15) is 0 Å². The zero-order valence-electron chi connectivity index (χ0n) is 26.7. The van der Waals surface area contributed by atoms with E-state index in [0.29, 0.717) is 0 Å². The minimum Gasteiger partial charge on any atom is -0.306 e. The Morgan fingerprint density at radius 2 is 0.580 bits per heavy atom. The van der Waals surface area contributed by atoms with Gasteiger partial charge in [0.1, 0.15) is 0 Å². The van der Waals surface area contributed by atoms with Crippen LogP contribution in [0.4, 0.5) is 34.1 Å². The molecule has 11 rings (SSSR count). The lowest BCUT2D eigenvalue weighted by Crippen LogP contribution is -2.23. The third kappa shape index (κ3) is 3.73. The lowest BCUT2D eigenvalue weighted by atomic mass is 9.97. The predicted molar refractivity (Wildman–Crippen MR) is 206 cm³/mol. The monoisotopic (exact) mass is 638 g/mol. The summed E-state index contributed by atoms with van der Waals surface area (Å²) in [5.41, 5.74) is 10.1. The molecule has 0 bridgehead atoms. The number of rotatable bonds is 2. The molecule has 1 aliphatic heterocycles. The van der Waals surface area contributed by atoms with Gasteiger partial charge < -0.3 is 9.80 Å². The normalized spacial score (nSPS) is 12.7. The number of hydrogen-bond acceptors (Lipinski definition) is 6. The third-order valence-corrected chi connectivity index (χ3v) is 10.1. The van der Waals surface area contributed by atoms with Crippen LogP contribution in [0.2, 0.25) is 0 Å². The first-order valence-electron chi connectivity index (χ1n) is 16.7. The Balaban J connectivity index is 1.15. The van der Waals surface area contributed by atoms with Crippen LogP contribution in [0.3, 0.4) is 0 Å². The molecule has 8 aromatic carbocycles. The van der Waals surface area contributed by atoms with E-state index >= 15 is 0 Å². The molecule has 6 heteroatoms. The van der Waals surface area contributed by atoms with E-state index in [1.54, 1.807) is 24.8 Å². The molecule has 10 aromatic rings. The highest BCUT2D eigenvalue weighted by Gasteiger charge is 2.30. The van der Waals surface area contributed by atoms with Crippen molar-refractivity contribution in [1.82, 2.24) is 19.9 Å². The summed E-state index contributed by atoms with van der Waals surface area (Å²) in [6.07, 6.45) is 7.13. The first-order chi connectivity index (χ1) is 24.8. The van der Waals surface area contributed by atoms with Gasteiger partial charge in [0.25, 0.3) is 0 Å². The zero-order valence-corrected chi connectivity index (χ0v) is 26.7. The average Bonchev–Trinajstić information content (AvgIpc) is 3.20. The Morgan fingerprint density at radius 1 is 0.280 bits per heavy atom. The van der Waals surface area contributed by atoms with Gasteiger partial charge in [0.05, 0.1) is 44.8 Å². The van der Waals surface area contributed by atoms with Crippen molar-refractivity contribution in [1.29, 1.82) is 0 Å². The lowest BCUT2D eigenvalue weighted by Gasteiger charge is -2.40. The summed E-state index contributed by atoms with van der Waals surface area (Å²) >= 11 is 0. The molecule has 232 valence electrons. The Bertz CT molecular complexity index is 2700. The third-order valence-electron chi connectivity index (χ3n) is 10.1. The Labute approximate surface area is 286 Å². The van der Waals surface area contributed by atoms with Crippen molar-refractivity contribution in [3.63, 3.8) is 0 Å². The maximum absolute atomic E-state index is 4.85. The number of benzene rings is 8. The maximum atomic E-state index is 4.85. The van der Waals surface area contributed by atoms with E-state index in [0.717, 1.165) is 88.5 Å². The molecule has 1 aliphatic rings. The number of nitrogens with zero attached hydrogens (tertiary/aromatic N) is 6. The van der Waals surface area contributed by atoms with E-state index in [1.807, 2.05) is 0 Å². The fraction of sp³-hybridized carbons (Fsp3) is 0. The summed E-state index contributed by atoms with van der Waals surface area (Å²) in [6, 6.07) is 47.7. The molecule has 0 spiro atoms. The molecule has 0 fully saturated rings. The molecule has 0 radical (unpaired) electrons. The molecule has 50 heavy (non-hydrogen) atoms. The number of fused-ring (bicyclic) bond motifs is 14. The number of hydrogen-bond donors (Lipinski definition) is 0. The van der Waals surface area contributed by atoms with E-state index in [4.69, 9.17) is 19.9 Å². The van der Waals surface area contributed by atoms with E-state index in [1.165, 1.54) is 10.8 Å². The first kappa shape index (κ1) is 27.1. The van der Waals surface area contributed by atoms with Crippen LogP contribution in [-0.2, 0) is 0 Å². The molecule has 6 nitrogen and oxygen atoms in total. The highest BCUT2D eigenvalue weighted by Crippen LogP contribution is 2.55. The van der Waals surface area contributed by atoms with Gasteiger partial charge in [-0.05, 0) is 70.1 Å². The van der Waals surface area contributed by atoms with Gasteiger partial charge in [0.2, 0.25) is 0 Å². The highest BCUT2D eigenvalue weighted by molar-refractivity contribution is 6.25. The van der Waals surface area contributed by atoms with Crippen LogP contribution in [-0.4, -0.2) is 19.9 Å². The van der Waals surface area contributed by atoms with Gasteiger partial charge >= 0.3 is 0 Å². The van der Waals surface area contributed by atoms with Crippen molar-refractivity contribution in [3.8, 4) is 0 Å². The van der Waals surface area contributed by atoms with Gasteiger partial charge in [-0.3, -0.25) is 19.9 Å². The first-order valence-corrected chi connectivity index (χ1v) is 16.7. The Morgan fingerprint density at radius 3 is 0.960 bits per heavy atom. The molecule has 0 aliphatic carbocycles. The Hall–Kier alpha value is -6.92. The van der Waals surface area contributed by atoms with Crippen LogP contribution in [0.25, 0.3) is 65.2 Å². The minimum absolute atomic E-state index is 0.905. The van der Waals surface area contributed by atoms with Gasteiger partial charge in [-0.1, -0.05) is 84.9 Å². The number of para-hydroxylation sites is 4. The molecule has 2 aromatic heterocycles. The van der Waals surface area contributed by atoms with E-state index in [-0.39, 0.29) is 0 Å². The molecule has 0 unspecified atom stereocenters. The molecule has 0 N–H and O–H groups in total. The summed E-state index contributed by atoms with van der Waals surface area (Å²) in [7, 11) is 0. The standard InChI is InChI=1S/C44H26N6/c1-3-11-33-29(9-1)31-19-17-27(25-35(31)43-41(33)45-21-23-47-43)49-37-13-5-7-15-39(37)50(40-16-8-6-14-38(40)49)28-18-20-32-30-10-2-4-12-34(30)42-44(36(32)26-28)48-24-22-46-42/h1-26H. The van der Waals surface area contributed by atoms with Crippen LogP contribution < -0.4 is 9.80 Å². The largest absolute Gasteiger partial charge is 0.306 e. The topological polar surface area (TPSA) is 58.0 Å². The Kier molecular flexibility index (Phi) is 5.57. The summed E-state index contributed by atoms with van der Waals surface area (Å²) in [5.74, 6) is 0. The van der Waals surface area contributed by atoms with Crippen molar-refractivity contribution < 1.29 is 0 Å². The van der Waals surface area contributed by atoms with Gasteiger partial charge in [-0.25, -0.2) is 0 Å². The summed E-state index contributed by atoms with van der Waals surface area (Å²) in [6.45, 7) is 0. The van der Waals surface area contributed by atoms with E-state index < -0.39 is 0 Å². The van der Waals surface area contributed by atoms with Gasteiger partial charge in [0, 0.05) is 57.7 Å². The van der Waals surface area contributed by atoms with E-state index in [2.05, 4.69) is 143 Å². The fourth-order valence-corrected chi connectivity index (χ4v) is 8.02. The second kappa shape index (κ2) is 10.3. The number of anilines is 6. The summed E-state index contributed by atoms with van der Waals surface area (Å²) < 4.78 is 0.